The topological polar surface area (TPSA) is 34.1 Å². The number of unbranched alkanes of at least 4 members (excludes halogenated alkanes) is 2. The van der Waals surface area contributed by atoms with Crippen LogP contribution in [0.3, 0.4) is 0 Å². The van der Waals surface area contributed by atoms with Crippen LogP contribution < -0.4 is 0 Å². The van der Waals surface area contributed by atoms with Gasteiger partial charge in [-0.15, -0.1) is 6.58 Å². The molecule has 0 aromatic heterocycles. The van der Waals surface area contributed by atoms with E-state index < -0.39 is 9.84 Å². The van der Waals surface area contributed by atoms with Crippen LogP contribution in [0.5, 0.6) is 0 Å². The lowest BCUT2D eigenvalue weighted by atomic mass is 9.98. The van der Waals surface area contributed by atoms with E-state index in [-0.39, 0.29) is 0 Å². The summed E-state index contributed by atoms with van der Waals surface area (Å²) in [7, 11) is -3.56. The number of allylic oxidation sites excluding steroid dienone is 3. The van der Waals surface area contributed by atoms with Gasteiger partial charge in [-0.3, -0.25) is 0 Å². The van der Waals surface area contributed by atoms with Crippen molar-refractivity contribution in [3.63, 3.8) is 0 Å². The Balaban J connectivity index is 2.61. The second-order valence-corrected chi connectivity index (χ2v) is 8.51. The molecule has 0 saturated heterocycles. The fourth-order valence-electron chi connectivity index (χ4n) is 3.02. The summed E-state index contributed by atoms with van der Waals surface area (Å²) in [6.07, 6.45) is 5.94. The standard InChI is InChI=1S/C23H28O2S/c1-4-6-8-14-22(20-12-9-7-10-13-20)23(11-5-2)26(24,25)21-17-15-19(3)16-18-21/h5,7,9-10,12-13,15-18H,2,4,6,8,11,14H2,1,3H3/b23-22+. The Bertz CT molecular complexity index is 845. The number of benzene rings is 2. The van der Waals surface area contributed by atoms with Crippen molar-refractivity contribution in [3.05, 3.63) is 83.3 Å². The lowest BCUT2D eigenvalue weighted by Gasteiger charge is -2.16. The molecule has 2 rings (SSSR count). The van der Waals surface area contributed by atoms with Gasteiger partial charge in [0.2, 0.25) is 9.84 Å². The lowest BCUT2D eigenvalue weighted by molar-refractivity contribution is 0.601. The molecule has 0 spiro atoms. The van der Waals surface area contributed by atoms with Crippen LogP contribution in [0, 0.1) is 6.92 Å². The number of rotatable bonds is 9. The zero-order valence-corrected chi connectivity index (χ0v) is 16.6. The van der Waals surface area contributed by atoms with Crippen LogP contribution in [0.4, 0.5) is 0 Å². The second kappa shape index (κ2) is 9.54. The third-order valence-corrected chi connectivity index (χ3v) is 6.43. The maximum absolute atomic E-state index is 13.4. The molecule has 0 amide bonds. The summed E-state index contributed by atoms with van der Waals surface area (Å²) in [6, 6.07) is 16.9. The van der Waals surface area contributed by atoms with Gasteiger partial charge in [-0.2, -0.15) is 0 Å². The first-order valence-corrected chi connectivity index (χ1v) is 10.7. The van der Waals surface area contributed by atoms with Crippen LogP contribution in [0.15, 0.2) is 77.1 Å². The average molecular weight is 369 g/mol. The Morgan fingerprint density at radius 1 is 1.00 bits per heavy atom. The highest BCUT2D eigenvalue weighted by Crippen LogP contribution is 2.33. The molecule has 3 heteroatoms. The van der Waals surface area contributed by atoms with E-state index in [0.717, 1.165) is 42.4 Å². The molecule has 138 valence electrons. The molecule has 0 atom stereocenters. The summed E-state index contributed by atoms with van der Waals surface area (Å²) in [5.41, 5.74) is 2.94. The van der Waals surface area contributed by atoms with Gasteiger partial charge in [-0.05, 0) is 43.0 Å². The molecule has 0 radical (unpaired) electrons. The van der Waals surface area contributed by atoms with Crippen molar-refractivity contribution in [1.82, 2.24) is 0 Å². The number of hydrogen-bond acceptors (Lipinski definition) is 2. The van der Waals surface area contributed by atoms with E-state index in [4.69, 9.17) is 0 Å². The van der Waals surface area contributed by atoms with Crippen LogP contribution >= 0.6 is 0 Å². The van der Waals surface area contributed by atoms with Crippen LogP contribution in [0.2, 0.25) is 0 Å². The lowest BCUT2D eigenvalue weighted by Crippen LogP contribution is -2.08. The van der Waals surface area contributed by atoms with Crippen molar-refractivity contribution >= 4 is 15.4 Å². The molecule has 0 aliphatic carbocycles. The van der Waals surface area contributed by atoms with Crippen molar-refractivity contribution in [2.45, 2.75) is 50.8 Å². The highest BCUT2D eigenvalue weighted by Gasteiger charge is 2.24. The first-order valence-electron chi connectivity index (χ1n) is 9.20. The van der Waals surface area contributed by atoms with Gasteiger partial charge in [-0.1, -0.05) is 73.9 Å². The van der Waals surface area contributed by atoms with Crippen molar-refractivity contribution in [3.8, 4) is 0 Å². The van der Waals surface area contributed by atoms with Crippen LogP contribution in [-0.4, -0.2) is 8.42 Å². The molecule has 2 nitrogen and oxygen atoms in total. The summed E-state index contributed by atoms with van der Waals surface area (Å²) in [4.78, 5) is 0.822. The molecule has 2 aromatic rings. The number of aryl methyl sites for hydroxylation is 1. The third-order valence-electron chi connectivity index (χ3n) is 4.47. The van der Waals surface area contributed by atoms with E-state index in [1.54, 1.807) is 18.2 Å². The van der Waals surface area contributed by atoms with Gasteiger partial charge in [-0.25, -0.2) is 8.42 Å². The molecule has 26 heavy (non-hydrogen) atoms. The van der Waals surface area contributed by atoms with E-state index in [9.17, 15) is 8.42 Å². The Hall–Kier alpha value is -2.13. The molecule has 0 fully saturated rings. The Kier molecular flexibility index (Phi) is 7.40. The van der Waals surface area contributed by atoms with Gasteiger partial charge < -0.3 is 0 Å². The first-order chi connectivity index (χ1) is 12.5. The van der Waals surface area contributed by atoms with E-state index in [1.165, 1.54) is 0 Å². The average Bonchev–Trinajstić information content (AvgIpc) is 2.65. The minimum atomic E-state index is -3.56. The molecule has 2 aromatic carbocycles. The molecule has 0 bridgehead atoms. The third kappa shape index (κ3) is 4.95. The molecule has 0 N–H and O–H groups in total. The van der Waals surface area contributed by atoms with E-state index in [2.05, 4.69) is 13.5 Å². The maximum Gasteiger partial charge on any atom is 0.203 e. The minimum Gasteiger partial charge on any atom is -0.219 e. The monoisotopic (exact) mass is 368 g/mol. The van der Waals surface area contributed by atoms with Gasteiger partial charge in [0.1, 0.15) is 0 Å². The first kappa shape index (κ1) is 20.2. The van der Waals surface area contributed by atoms with Gasteiger partial charge in [0.15, 0.2) is 0 Å². The summed E-state index contributed by atoms with van der Waals surface area (Å²) in [5, 5.41) is 0. The molecule has 0 aliphatic rings. The van der Waals surface area contributed by atoms with E-state index in [1.807, 2.05) is 49.4 Å². The number of hydrogen-bond donors (Lipinski definition) is 0. The van der Waals surface area contributed by atoms with Gasteiger partial charge in [0.25, 0.3) is 0 Å². The normalized spacial score (nSPS) is 12.5. The SMILES string of the molecule is C=CC/C(=C(/CCCCC)c1ccccc1)S(=O)(=O)c1ccc(C)cc1. The van der Waals surface area contributed by atoms with Crippen molar-refractivity contribution in [1.29, 1.82) is 0 Å². The van der Waals surface area contributed by atoms with E-state index in [0.29, 0.717) is 16.2 Å². The Morgan fingerprint density at radius 3 is 2.23 bits per heavy atom. The molecule has 0 heterocycles. The zero-order valence-electron chi connectivity index (χ0n) is 15.7. The largest absolute Gasteiger partial charge is 0.219 e. The van der Waals surface area contributed by atoms with Gasteiger partial charge >= 0.3 is 0 Å². The Labute approximate surface area is 158 Å². The Morgan fingerprint density at radius 2 is 1.65 bits per heavy atom. The predicted octanol–water partition coefficient (Wildman–Crippen LogP) is 6.34. The quantitative estimate of drug-likeness (QED) is 0.382. The molecular weight excluding hydrogens is 340 g/mol. The highest BCUT2D eigenvalue weighted by atomic mass is 32.2. The van der Waals surface area contributed by atoms with Gasteiger partial charge in [0, 0.05) is 6.42 Å². The highest BCUT2D eigenvalue weighted by molar-refractivity contribution is 7.95. The smallest absolute Gasteiger partial charge is 0.203 e. The van der Waals surface area contributed by atoms with Crippen LogP contribution in [0.25, 0.3) is 5.57 Å². The maximum atomic E-state index is 13.4. The number of sulfone groups is 1. The fraction of sp³-hybridized carbons (Fsp3) is 0.304. The van der Waals surface area contributed by atoms with Crippen molar-refractivity contribution < 1.29 is 8.42 Å². The van der Waals surface area contributed by atoms with Crippen LogP contribution in [0.1, 0.15) is 50.2 Å². The molecule has 0 aliphatic heterocycles. The van der Waals surface area contributed by atoms with Crippen molar-refractivity contribution in [2.75, 3.05) is 0 Å². The summed E-state index contributed by atoms with van der Waals surface area (Å²) in [5.74, 6) is 0. The summed E-state index contributed by atoms with van der Waals surface area (Å²) in [6.45, 7) is 7.90. The second-order valence-electron chi connectivity index (χ2n) is 6.53. The summed E-state index contributed by atoms with van der Waals surface area (Å²) < 4.78 is 26.8. The molecule has 0 saturated carbocycles. The van der Waals surface area contributed by atoms with E-state index >= 15 is 0 Å². The minimum absolute atomic E-state index is 0.340. The molecular formula is C23H28O2S. The zero-order chi connectivity index (χ0) is 19.0. The van der Waals surface area contributed by atoms with Crippen LogP contribution in [-0.2, 0) is 9.84 Å². The fourth-order valence-corrected chi connectivity index (χ4v) is 4.68. The van der Waals surface area contributed by atoms with Crippen molar-refractivity contribution in [2.24, 2.45) is 0 Å². The summed E-state index contributed by atoms with van der Waals surface area (Å²) >= 11 is 0. The predicted molar refractivity (Wildman–Crippen MR) is 111 cm³/mol. The van der Waals surface area contributed by atoms with Gasteiger partial charge in [0.05, 0.1) is 9.80 Å². The molecule has 0 unspecified atom stereocenters.